The van der Waals surface area contributed by atoms with Crippen LogP contribution in [0.2, 0.25) is 0 Å². The molecule has 2 N–H and O–H groups in total. The van der Waals surface area contributed by atoms with Gasteiger partial charge in [0.1, 0.15) is 6.10 Å². The molecule has 1 saturated heterocycles. The number of alkyl halides is 3. The molecule has 2 aliphatic carbocycles. The molecule has 0 unspecified atom stereocenters. The number of fused-ring (bicyclic) bond motifs is 1. The molecule has 2 aromatic rings. The minimum atomic E-state index is -4.28. The van der Waals surface area contributed by atoms with Crippen LogP contribution in [0.4, 0.5) is 19.1 Å². The molecule has 5 rings (SSSR count). The van der Waals surface area contributed by atoms with Crippen LogP contribution >= 0.6 is 0 Å². The minimum absolute atomic E-state index is 0.0337. The lowest BCUT2D eigenvalue weighted by atomic mass is 9.81. The Morgan fingerprint density at radius 2 is 1.85 bits per heavy atom. The van der Waals surface area contributed by atoms with Crippen molar-refractivity contribution in [3.63, 3.8) is 0 Å². The van der Waals surface area contributed by atoms with Crippen molar-refractivity contribution in [2.75, 3.05) is 18.5 Å². The van der Waals surface area contributed by atoms with Crippen LogP contribution in [-0.4, -0.2) is 57.7 Å². The first-order valence-electron chi connectivity index (χ1n) is 15.2. The fourth-order valence-electron chi connectivity index (χ4n) is 6.82. The van der Waals surface area contributed by atoms with Gasteiger partial charge in [-0.2, -0.15) is 13.2 Å². The third-order valence-electron chi connectivity index (χ3n) is 8.78. The Hall–Kier alpha value is -2.46. The van der Waals surface area contributed by atoms with Gasteiger partial charge in [0.25, 0.3) is 0 Å². The van der Waals surface area contributed by atoms with Crippen molar-refractivity contribution in [3.05, 3.63) is 29.6 Å². The Balaban J connectivity index is 1.41. The van der Waals surface area contributed by atoms with Gasteiger partial charge in [0.2, 0.25) is 11.8 Å². The average molecular weight is 577 g/mol. The summed E-state index contributed by atoms with van der Waals surface area (Å²) < 4.78 is 51.1. The van der Waals surface area contributed by atoms with Gasteiger partial charge in [-0.1, -0.05) is 25.5 Å². The van der Waals surface area contributed by atoms with E-state index in [0.717, 1.165) is 57.3 Å². The molecule has 3 heterocycles. The second-order valence-electron chi connectivity index (χ2n) is 12.6. The van der Waals surface area contributed by atoms with Gasteiger partial charge in [-0.25, -0.2) is 15.0 Å². The van der Waals surface area contributed by atoms with Gasteiger partial charge < -0.3 is 19.9 Å². The van der Waals surface area contributed by atoms with Crippen molar-refractivity contribution in [1.82, 2.24) is 15.0 Å². The van der Waals surface area contributed by atoms with Crippen LogP contribution in [0, 0.1) is 17.8 Å². The molecule has 7 nitrogen and oxygen atoms in total. The Labute approximate surface area is 240 Å². The van der Waals surface area contributed by atoms with E-state index in [2.05, 4.69) is 30.2 Å². The third kappa shape index (κ3) is 7.89. The Morgan fingerprint density at radius 1 is 1.07 bits per heavy atom. The number of allylic oxidation sites excluding steroid dienone is 1. The Kier molecular flexibility index (Phi) is 9.38. The zero-order chi connectivity index (χ0) is 29.1. The maximum atomic E-state index is 12.9. The number of aromatic nitrogens is 3. The minimum Gasteiger partial charge on any atom is -0.474 e. The summed E-state index contributed by atoms with van der Waals surface area (Å²) in [7, 11) is 0. The highest BCUT2D eigenvalue weighted by Gasteiger charge is 2.31. The van der Waals surface area contributed by atoms with E-state index in [1.807, 2.05) is 6.20 Å². The van der Waals surface area contributed by atoms with E-state index in [4.69, 9.17) is 19.4 Å². The van der Waals surface area contributed by atoms with E-state index in [1.165, 1.54) is 12.5 Å². The molecule has 226 valence electrons. The molecule has 0 radical (unpaired) electrons. The maximum absolute atomic E-state index is 12.9. The van der Waals surface area contributed by atoms with Crippen LogP contribution in [-0.2, 0) is 4.74 Å². The number of hydrogen-bond acceptors (Lipinski definition) is 7. The highest BCUT2D eigenvalue weighted by molar-refractivity contribution is 5.86. The fourth-order valence-corrected chi connectivity index (χ4v) is 6.82. The van der Waals surface area contributed by atoms with Gasteiger partial charge in [0, 0.05) is 36.5 Å². The molecule has 41 heavy (non-hydrogen) atoms. The summed E-state index contributed by atoms with van der Waals surface area (Å²) in [5, 5.41) is 13.5. The van der Waals surface area contributed by atoms with Crippen LogP contribution in [0.25, 0.3) is 10.9 Å². The molecule has 0 aromatic carbocycles. The van der Waals surface area contributed by atoms with Crippen LogP contribution in [0.15, 0.2) is 24.0 Å². The largest absolute Gasteiger partial charge is 0.474 e. The summed E-state index contributed by atoms with van der Waals surface area (Å²) in [5.74, 6) is 2.10. The number of anilines is 1. The molecule has 1 aliphatic heterocycles. The summed E-state index contributed by atoms with van der Waals surface area (Å²) in [6.45, 7) is 7.64. The Morgan fingerprint density at radius 3 is 2.56 bits per heavy atom. The van der Waals surface area contributed by atoms with Crippen molar-refractivity contribution in [2.24, 2.45) is 17.8 Å². The zero-order valence-electron chi connectivity index (χ0n) is 24.3. The molecule has 0 bridgehead atoms. The normalized spacial score (nSPS) is 31.6. The number of ether oxygens (including phenoxy) is 2. The highest BCUT2D eigenvalue weighted by atomic mass is 19.4. The van der Waals surface area contributed by atoms with Crippen molar-refractivity contribution in [1.29, 1.82) is 0 Å². The molecule has 0 amide bonds. The lowest BCUT2D eigenvalue weighted by molar-refractivity contribution is -0.136. The SMILES string of the molecule is C[C@@H]1C/C([C@H]2CCOC2)=C\[C@H](C)C[C@H](Oc2ncc(C3CCC(O)CC3)c3nc(N[C@@H](C)CC(F)(F)F)ncc23)C1. The van der Waals surface area contributed by atoms with Crippen LogP contribution in [0.1, 0.15) is 90.0 Å². The summed E-state index contributed by atoms with van der Waals surface area (Å²) >= 11 is 0. The summed E-state index contributed by atoms with van der Waals surface area (Å²) in [6.07, 6.45) is 7.14. The number of nitrogens with zero attached hydrogens (tertiary/aromatic N) is 3. The second-order valence-corrected chi connectivity index (χ2v) is 12.6. The van der Waals surface area contributed by atoms with Crippen LogP contribution in [0.5, 0.6) is 5.88 Å². The topological polar surface area (TPSA) is 89.4 Å². The van der Waals surface area contributed by atoms with E-state index in [1.54, 1.807) is 6.20 Å². The van der Waals surface area contributed by atoms with Crippen LogP contribution in [0.3, 0.4) is 0 Å². The highest BCUT2D eigenvalue weighted by Crippen LogP contribution is 2.39. The number of pyridine rings is 1. The summed E-state index contributed by atoms with van der Waals surface area (Å²) in [5.41, 5.74) is 3.10. The van der Waals surface area contributed by atoms with Crippen molar-refractivity contribution in [3.8, 4) is 5.88 Å². The van der Waals surface area contributed by atoms with E-state index < -0.39 is 18.6 Å². The van der Waals surface area contributed by atoms with Crippen molar-refractivity contribution in [2.45, 2.75) is 109 Å². The maximum Gasteiger partial charge on any atom is 0.391 e. The van der Waals surface area contributed by atoms with E-state index in [0.29, 0.717) is 47.4 Å². The first kappa shape index (κ1) is 30.0. The lowest BCUT2D eigenvalue weighted by Gasteiger charge is -2.30. The van der Waals surface area contributed by atoms with E-state index >= 15 is 0 Å². The zero-order valence-corrected chi connectivity index (χ0v) is 24.3. The molecule has 2 aromatic heterocycles. The quantitative estimate of drug-likeness (QED) is 0.344. The standard InChI is InChI=1S/C31H43F3N4O3/c1-18-10-23(22-8-9-40-17-22)11-19(2)13-25(12-18)41-29-27-16-36-30(37-20(3)14-31(32,33)34)38-28(27)26(15-35-29)21-4-6-24(39)7-5-21/h10,15-16,18-22,24-25,39H,4-9,11-14,17H2,1-3H3,(H,36,37,38)/b23-10+/t18-,19+,20-,21?,22-,24?,25-/m0/s1. The van der Waals surface area contributed by atoms with Gasteiger partial charge in [0.15, 0.2) is 0 Å². The van der Waals surface area contributed by atoms with E-state index in [-0.39, 0.29) is 24.1 Å². The molecule has 2 fully saturated rings. The molecular weight excluding hydrogens is 533 g/mol. The van der Waals surface area contributed by atoms with Gasteiger partial charge in [-0.3, -0.25) is 0 Å². The Bertz CT molecular complexity index is 1210. The monoisotopic (exact) mass is 576 g/mol. The summed E-state index contributed by atoms with van der Waals surface area (Å²) in [6, 6.07) is -0.870. The lowest BCUT2D eigenvalue weighted by Crippen LogP contribution is -2.26. The smallest absolute Gasteiger partial charge is 0.391 e. The van der Waals surface area contributed by atoms with E-state index in [9.17, 15) is 18.3 Å². The average Bonchev–Trinajstić information content (AvgIpc) is 3.42. The van der Waals surface area contributed by atoms with Crippen molar-refractivity contribution >= 4 is 16.9 Å². The van der Waals surface area contributed by atoms with Crippen LogP contribution < -0.4 is 10.1 Å². The van der Waals surface area contributed by atoms with Gasteiger partial charge in [-0.05, 0) is 76.0 Å². The van der Waals surface area contributed by atoms with Gasteiger partial charge in [-0.15, -0.1) is 0 Å². The molecule has 1 saturated carbocycles. The number of aliphatic hydroxyl groups excluding tert-OH is 1. The second kappa shape index (κ2) is 12.8. The third-order valence-corrected chi connectivity index (χ3v) is 8.78. The predicted molar refractivity (Wildman–Crippen MR) is 152 cm³/mol. The number of halogens is 3. The molecule has 3 aliphatic rings. The predicted octanol–water partition coefficient (Wildman–Crippen LogP) is 6.96. The molecule has 5 atom stereocenters. The number of hydrogen-bond donors (Lipinski definition) is 2. The molecule has 10 heteroatoms. The van der Waals surface area contributed by atoms with Gasteiger partial charge >= 0.3 is 6.18 Å². The number of aliphatic hydroxyl groups is 1. The molecule has 0 spiro atoms. The first-order chi connectivity index (χ1) is 19.5. The number of rotatable bonds is 7. The van der Waals surface area contributed by atoms with Gasteiger partial charge in [0.05, 0.1) is 30.0 Å². The number of nitrogens with one attached hydrogen (secondary N) is 1. The first-order valence-corrected chi connectivity index (χ1v) is 15.2. The van der Waals surface area contributed by atoms with Crippen molar-refractivity contribution < 1.29 is 27.8 Å². The summed E-state index contributed by atoms with van der Waals surface area (Å²) in [4.78, 5) is 13.8. The molecular formula is C31H43F3N4O3. The fraction of sp³-hybridized carbons (Fsp3) is 0.710.